The molecule has 0 unspecified atom stereocenters. The van der Waals surface area contributed by atoms with E-state index in [0.717, 1.165) is 0 Å². The molecule has 0 aliphatic heterocycles. The Bertz CT molecular complexity index is 906. The molecule has 0 spiro atoms. The zero-order valence-electron chi connectivity index (χ0n) is 13.8. The third kappa shape index (κ3) is 4.31. The maximum absolute atomic E-state index is 12.4. The van der Waals surface area contributed by atoms with Crippen molar-refractivity contribution in [2.24, 2.45) is 16.1 Å². The molecule has 0 aliphatic carbocycles. The summed E-state index contributed by atoms with van der Waals surface area (Å²) in [5.74, 6) is -2.35. The summed E-state index contributed by atoms with van der Waals surface area (Å²) < 4.78 is 5.04. The number of Topliss-reactive ketones (excluding diaryl/α,β-unsaturated/α-hetero) is 1. The van der Waals surface area contributed by atoms with E-state index in [1.807, 2.05) is 0 Å². The number of hydrogen-bond acceptors (Lipinski definition) is 7. The lowest BCUT2D eigenvalue weighted by Gasteiger charge is -2.06. The SMILES string of the molecule is COc1ccc(N=N/C(C(=O)C(C#N)C#N)=C(/O)c2ccccc2)cc1. The van der Waals surface area contributed by atoms with Crippen LogP contribution in [0.5, 0.6) is 5.75 Å². The molecule has 0 aromatic heterocycles. The van der Waals surface area contributed by atoms with Crippen molar-refractivity contribution in [3.63, 3.8) is 0 Å². The van der Waals surface area contributed by atoms with Gasteiger partial charge in [-0.05, 0) is 24.3 Å². The number of rotatable bonds is 6. The zero-order chi connectivity index (χ0) is 18.9. The van der Waals surface area contributed by atoms with Crippen molar-refractivity contribution in [2.45, 2.75) is 0 Å². The largest absolute Gasteiger partial charge is 0.505 e. The van der Waals surface area contributed by atoms with Gasteiger partial charge in [-0.2, -0.15) is 15.6 Å². The number of aliphatic hydroxyl groups is 1. The Kier molecular flexibility index (Phi) is 6.19. The number of ketones is 1. The van der Waals surface area contributed by atoms with Gasteiger partial charge in [0, 0.05) is 5.56 Å². The number of nitrogens with zero attached hydrogens (tertiary/aromatic N) is 4. The first-order chi connectivity index (χ1) is 12.6. The highest BCUT2D eigenvalue weighted by Crippen LogP contribution is 2.23. The number of carbonyl (C=O) groups excluding carboxylic acids is 1. The van der Waals surface area contributed by atoms with Gasteiger partial charge in [-0.1, -0.05) is 30.3 Å². The molecule has 0 radical (unpaired) electrons. The molecule has 0 saturated carbocycles. The van der Waals surface area contributed by atoms with E-state index >= 15 is 0 Å². The van der Waals surface area contributed by atoms with Crippen molar-refractivity contribution in [3.8, 4) is 17.9 Å². The maximum atomic E-state index is 12.4. The Hall–Kier alpha value is -3.97. The molecule has 0 atom stereocenters. The van der Waals surface area contributed by atoms with Crippen LogP contribution in [0.3, 0.4) is 0 Å². The molecule has 1 N–H and O–H groups in total. The molecular weight excluding hydrogens is 332 g/mol. The Labute approximate surface area is 150 Å². The monoisotopic (exact) mass is 346 g/mol. The van der Waals surface area contributed by atoms with Gasteiger partial charge in [0.2, 0.25) is 5.78 Å². The quantitative estimate of drug-likeness (QED) is 0.483. The molecule has 7 nitrogen and oxygen atoms in total. The van der Waals surface area contributed by atoms with Gasteiger partial charge in [0.15, 0.2) is 17.4 Å². The fraction of sp³-hybridized carbons (Fsp3) is 0.105. The van der Waals surface area contributed by atoms with Gasteiger partial charge in [-0.15, -0.1) is 5.11 Å². The first-order valence-corrected chi connectivity index (χ1v) is 7.48. The second kappa shape index (κ2) is 8.76. The number of nitriles is 2. The van der Waals surface area contributed by atoms with Gasteiger partial charge in [-0.25, -0.2) is 0 Å². The highest BCUT2D eigenvalue weighted by atomic mass is 16.5. The standard InChI is InChI=1S/C19H14N4O3/c1-26-16-9-7-15(8-10-16)22-23-17(19(25)14(11-20)12-21)18(24)13-5-3-2-4-6-13/h2-10,14,24H,1H3/b18-17+,23-22?. The second-order valence-electron chi connectivity index (χ2n) is 5.02. The van der Waals surface area contributed by atoms with Crippen molar-refractivity contribution < 1.29 is 14.6 Å². The molecule has 128 valence electrons. The first kappa shape index (κ1) is 18.4. The molecule has 0 amide bonds. The summed E-state index contributed by atoms with van der Waals surface area (Å²) in [5.41, 5.74) is 0.265. The lowest BCUT2D eigenvalue weighted by molar-refractivity contribution is -0.116. The molecule has 0 bridgehead atoms. The van der Waals surface area contributed by atoms with E-state index in [0.29, 0.717) is 17.0 Å². The molecule has 0 fully saturated rings. The van der Waals surface area contributed by atoms with Crippen LogP contribution in [0, 0.1) is 28.6 Å². The van der Waals surface area contributed by atoms with Gasteiger partial charge in [0.05, 0.1) is 24.9 Å². The summed E-state index contributed by atoms with van der Waals surface area (Å²) in [6, 6.07) is 17.9. The molecule has 7 heteroatoms. The molecule has 2 aromatic rings. The van der Waals surface area contributed by atoms with Gasteiger partial charge in [0.25, 0.3) is 0 Å². The zero-order valence-corrected chi connectivity index (χ0v) is 13.8. The lowest BCUT2D eigenvalue weighted by Crippen LogP contribution is -2.13. The summed E-state index contributed by atoms with van der Waals surface area (Å²) >= 11 is 0. The van der Waals surface area contributed by atoms with Crippen molar-refractivity contribution in [3.05, 3.63) is 65.9 Å². The van der Waals surface area contributed by atoms with Crippen LogP contribution in [0.2, 0.25) is 0 Å². The number of allylic oxidation sites excluding steroid dienone is 1. The summed E-state index contributed by atoms with van der Waals surface area (Å²) in [5, 5.41) is 36.0. The topological polar surface area (TPSA) is 119 Å². The lowest BCUT2D eigenvalue weighted by atomic mass is 10.0. The predicted octanol–water partition coefficient (Wildman–Crippen LogP) is 3.94. The van der Waals surface area contributed by atoms with Crippen molar-refractivity contribution in [1.29, 1.82) is 10.5 Å². The fourth-order valence-electron chi connectivity index (χ4n) is 1.99. The van der Waals surface area contributed by atoms with E-state index in [2.05, 4.69) is 10.2 Å². The molecule has 2 aromatic carbocycles. The number of aliphatic hydroxyl groups excluding tert-OH is 1. The Morgan fingerprint density at radius 3 is 2.23 bits per heavy atom. The van der Waals surface area contributed by atoms with E-state index in [9.17, 15) is 9.90 Å². The summed E-state index contributed by atoms with van der Waals surface area (Å²) in [6.45, 7) is 0. The molecule has 26 heavy (non-hydrogen) atoms. The minimum Gasteiger partial charge on any atom is -0.505 e. The van der Waals surface area contributed by atoms with Crippen LogP contribution >= 0.6 is 0 Å². The van der Waals surface area contributed by atoms with E-state index in [4.69, 9.17) is 15.3 Å². The molecule has 0 saturated heterocycles. The van der Waals surface area contributed by atoms with E-state index < -0.39 is 23.2 Å². The first-order valence-electron chi connectivity index (χ1n) is 7.48. The maximum Gasteiger partial charge on any atom is 0.218 e. The van der Waals surface area contributed by atoms with Crippen LogP contribution in [0.1, 0.15) is 5.56 Å². The van der Waals surface area contributed by atoms with Crippen LogP contribution < -0.4 is 4.74 Å². The average molecular weight is 346 g/mol. The van der Waals surface area contributed by atoms with Crippen molar-refractivity contribution in [1.82, 2.24) is 0 Å². The van der Waals surface area contributed by atoms with E-state index in [1.54, 1.807) is 66.7 Å². The third-order valence-corrected chi connectivity index (χ3v) is 3.36. The summed E-state index contributed by atoms with van der Waals surface area (Å²) in [6.07, 6.45) is 0. The van der Waals surface area contributed by atoms with E-state index in [1.165, 1.54) is 7.11 Å². The van der Waals surface area contributed by atoms with Crippen LogP contribution in [0.15, 0.2) is 70.5 Å². The molecular formula is C19H14N4O3. The Morgan fingerprint density at radius 1 is 1.08 bits per heavy atom. The van der Waals surface area contributed by atoms with Crippen molar-refractivity contribution in [2.75, 3.05) is 7.11 Å². The number of carbonyl (C=O) groups is 1. The number of azo groups is 1. The van der Waals surface area contributed by atoms with Gasteiger partial charge in [-0.3, -0.25) is 4.79 Å². The number of methoxy groups -OCH3 is 1. The van der Waals surface area contributed by atoms with Crippen LogP contribution in [-0.4, -0.2) is 18.0 Å². The number of hydrogen-bond donors (Lipinski definition) is 1. The van der Waals surface area contributed by atoms with E-state index in [-0.39, 0.29) is 0 Å². The van der Waals surface area contributed by atoms with Crippen molar-refractivity contribution >= 4 is 17.2 Å². The smallest absolute Gasteiger partial charge is 0.218 e. The third-order valence-electron chi connectivity index (χ3n) is 3.36. The Morgan fingerprint density at radius 2 is 1.69 bits per heavy atom. The van der Waals surface area contributed by atoms with Crippen LogP contribution in [-0.2, 0) is 4.79 Å². The molecule has 0 aliphatic rings. The average Bonchev–Trinajstić information content (AvgIpc) is 2.70. The van der Waals surface area contributed by atoms with Crippen LogP contribution in [0.4, 0.5) is 5.69 Å². The van der Waals surface area contributed by atoms with Gasteiger partial charge < -0.3 is 9.84 Å². The van der Waals surface area contributed by atoms with Gasteiger partial charge in [0.1, 0.15) is 5.75 Å². The highest BCUT2D eigenvalue weighted by molar-refractivity contribution is 6.04. The second-order valence-corrected chi connectivity index (χ2v) is 5.02. The number of benzene rings is 2. The van der Waals surface area contributed by atoms with Gasteiger partial charge >= 0.3 is 0 Å². The van der Waals surface area contributed by atoms with Crippen LogP contribution in [0.25, 0.3) is 5.76 Å². The Balaban J connectivity index is 2.47. The normalized spacial score (nSPS) is 11.5. The fourth-order valence-corrected chi connectivity index (χ4v) is 1.99. The number of ether oxygens (including phenoxy) is 1. The summed E-state index contributed by atoms with van der Waals surface area (Å²) in [4.78, 5) is 12.4. The summed E-state index contributed by atoms with van der Waals surface area (Å²) in [7, 11) is 1.53. The molecule has 0 heterocycles. The highest BCUT2D eigenvalue weighted by Gasteiger charge is 2.25. The predicted molar refractivity (Wildman–Crippen MR) is 93.2 cm³/mol. The minimum absolute atomic E-state index is 0.319. The minimum atomic E-state index is -1.59. The molecule has 2 rings (SSSR count).